The quantitative estimate of drug-likeness (QED) is 0.0562. The minimum atomic E-state index is -1.86. The third kappa shape index (κ3) is 16.3. The number of benzene rings is 5. The molecule has 21 nitrogen and oxygen atoms in total. The third-order valence-electron chi connectivity index (χ3n) is 39.3. The highest BCUT2D eigenvalue weighted by Gasteiger charge is 2.59. The summed E-state index contributed by atoms with van der Waals surface area (Å²) in [5.74, 6) is 1.79. The molecule has 5 aromatic carbocycles. The van der Waals surface area contributed by atoms with Gasteiger partial charge in [-0.05, 0) is 342 Å². The molecule has 9 aromatic rings. The molecular weight excluding hydrogens is 1740 g/mol. The van der Waals surface area contributed by atoms with E-state index in [1.807, 2.05) is 18.5 Å². The van der Waals surface area contributed by atoms with E-state index < -0.39 is 58.6 Å². The predicted octanol–water partition coefficient (Wildman–Crippen LogP) is 18.3. The Morgan fingerprint density at radius 1 is 0.343 bits per heavy atom. The Bertz CT molecular complexity index is 5950. The van der Waals surface area contributed by atoms with Crippen molar-refractivity contribution in [3.05, 3.63) is 102 Å². The number of H-pyrrole nitrogens is 1. The number of hydrogen-bond acceptors (Lipinski definition) is 19. The van der Waals surface area contributed by atoms with Gasteiger partial charge in [-0.3, -0.25) is 0 Å². The number of nitrogens with one attached hydrogen (secondary N) is 1. The standard InChI is InChI=1S/C24H36BNO2.C22H32BNO4.C22H31BO4.C21H30BNO4.C21H29BO4S/c1-14-9-10-18-23(4,5)11-8-12-24(18,6)19-17-13-15(2)16(3)20(25(27)28)22(17)26(7)21(14)19;1-12-7-8-15-21(2,3)9-6-10-22(15,4)16-13-11-14(25)20(26)17(23(27)28)19(13)24(5)18(12)16;1-12-6-7-17-21(2,3)8-5-9-22(17,4)18-13(12)10-15-14(18)11-16(24)20(25)19(15)23(26)27;1-11-6-7-14-20(2,3)8-5-9-21(14,4)15-12-10-13(24)19(25)16(22(26)27)18(12)23-17(11)15;1-11-6-7-14-20(2,3)8-5-9-21(14,4)15-12-10-13(23)17(24)16(22(25)26)19(12)27-18(11)15/h13-14,18,27-28H,8-12H2,1-7H3;11-12,15,25-28H,6-10H2,1-5H3;11-12,17,24-27H,5-10H2,1-4H3;10-11,14,23-27H,5-9H2,1-4H3;10-11,14,23-26H,5-9H2,1-4H3/t14?,18-,24-;12?,15-,22-;12?,17-,22-;2*11?,14-,21-/m11111/s1. The molecule has 0 spiro atoms. The first-order valence-electron chi connectivity index (χ1n) is 51.7. The van der Waals surface area contributed by atoms with E-state index >= 15 is 0 Å². The van der Waals surface area contributed by atoms with Crippen LogP contribution in [0.3, 0.4) is 0 Å². The molecule has 137 heavy (non-hydrogen) atoms. The minimum Gasteiger partial charge on any atom is -0.505 e. The smallest absolute Gasteiger partial charge is 0.494 e. The van der Waals surface area contributed by atoms with Crippen LogP contribution in [0.15, 0.2) is 35.9 Å². The number of phenols is 8. The lowest BCUT2D eigenvalue weighted by atomic mass is 9.52. The molecule has 11 aliphatic rings. The maximum absolute atomic E-state index is 10.4. The van der Waals surface area contributed by atoms with Gasteiger partial charge in [0.2, 0.25) is 0 Å². The number of nitrogens with zero attached hydrogens (tertiary/aromatic N) is 2. The summed E-state index contributed by atoms with van der Waals surface area (Å²) in [4.78, 5) is 4.70. The van der Waals surface area contributed by atoms with E-state index in [-0.39, 0.29) is 93.6 Å². The fourth-order valence-corrected chi connectivity index (χ4v) is 34.5. The molecule has 5 unspecified atom stereocenters. The number of aromatic hydroxyl groups is 8. The average molecular weight is 1900 g/mol. The van der Waals surface area contributed by atoms with Gasteiger partial charge in [-0.25, -0.2) is 0 Å². The zero-order chi connectivity index (χ0) is 100. The molecule has 4 aromatic heterocycles. The van der Waals surface area contributed by atoms with Crippen LogP contribution >= 0.6 is 11.3 Å². The zero-order valence-electron chi connectivity index (χ0n) is 86.3. The highest BCUT2D eigenvalue weighted by atomic mass is 32.1. The molecule has 11 aliphatic carbocycles. The Hall–Kier alpha value is -7.26. The van der Waals surface area contributed by atoms with Gasteiger partial charge in [-0.1, -0.05) is 176 Å². The second kappa shape index (κ2) is 36.0. The molecule has 5 fully saturated rings. The molecule has 0 aliphatic heterocycles. The van der Waals surface area contributed by atoms with Crippen LogP contribution in [-0.2, 0) is 42.2 Å². The molecule has 0 radical (unpaired) electrons. The van der Waals surface area contributed by atoms with Crippen LogP contribution in [0, 0.1) is 81.8 Å². The van der Waals surface area contributed by atoms with Crippen molar-refractivity contribution in [1.29, 1.82) is 0 Å². The van der Waals surface area contributed by atoms with Crippen LogP contribution in [0.2, 0.25) is 0 Å². The van der Waals surface area contributed by atoms with E-state index in [9.17, 15) is 91.1 Å². The largest absolute Gasteiger partial charge is 0.505 e. The summed E-state index contributed by atoms with van der Waals surface area (Å²) in [5.41, 5.74) is 19.7. The van der Waals surface area contributed by atoms with Gasteiger partial charge in [0, 0.05) is 89.7 Å². The van der Waals surface area contributed by atoms with Gasteiger partial charge in [0.1, 0.15) is 0 Å². The van der Waals surface area contributed by atoms with Crippen molar-refractivity contribution < 1.29 is 91.1 Å². The third-order valence-corrected chi connectivity index (χ3v) is 40.8. The van der Waals surface area contributed by atoms with Crippen LogP contribution in [0.1, 0.15) is 389 Å². The molecule has 27 heteroatoms. The van der Waals surface area contributed by atoms with E-state index in [0.29, 0.717) is 92.2 Å². The van der Waals surface area contributed by atoms with Crippen molar-refractivity contribution in [3.8, 4) is 46.0 Å². The number of rotatable bonds is 5. The number of phenolic OH excluding ortho intramolecular Hbond substituents is 8. The number of aryl methyl sites for hydroxylation is 3. The summed E-state index contributed by atoms with van der Waals surface area (Å²) in [6.07, 6.45) is 30.0. The molecule has 0 bridgehead atoms. The van der Waals surface area contributed by atoms with E-state index in [0.717, 1.165) is 120 Å². The molecule has 4 heterocycles. The Labute approximate surface area is 817 Å². The zero-order valence-corrected chi connectivity index (χ0v) is 87.1. The van der Waals surface area contributed by atoms with Crippen molar-refractivity contribution in [2.75, 3.05) is 0 Å². The number of aromatic nitrogens is 3. The monoisotopic (exact) mass is 1900 g/mol. The Morgan fingerprint density at radius 3 is 1.12 bits per heavy atom. The predicted molar refractivity (Wildman–Crippen MR) is 557 cm³/mol. The van der Waals surface area contributed by atoms with Crippen LogP contribution in [0.4, 0.5) is 0 Å². The van der Waals surface area contributed by atoms with Crippen molar-refractivity contribution in [3.63, 3.8) is 0 Å². The van der Waals surface area contributed by atoms with Crippen molar-refractivity contribution in [2.24, 2.45) is 82.1 Å². The molecule has 0 saturated heterocycles. The molecule has 742 valence electrons. The van der Waals surface area contributed by atoms with Crippen LogP contribution in [0.25, 0.3) is 48.4 Å². The number of aromatic amines is 1. The lowest BCUT2D eigenvalue weighted by Gasteiger charge is -2.52. The highest BCUT2D eigenvalue weighted by molar-refractivity contribution is 7.21. The number of fused-ring (bicyclic) bond motifs is 24. The summed E-state index contributed by atoms with van der Waals surface area (Å²) >= 11 is 1.56. The Morgan fingerprint density at radius 2 is 0.679 bits per heavy atom. The van der Waals surface area contributed by atoms with Gasteiger partial charge in [-0.15, -0.1) is 11.3 Å². The van der Waals surface area contributed by atoms with Crippen LogP contribution in [-0.4, -0.2) is 141 Å². The number of allylic oxidation sites excluding steroid dienone is 2. The normalized spacial score (nSPS) is 30.0. The van der Waals surface area contributed by atoms with E-state index in [1.165, 1.54) is 145 Å². The maximum Gasteiger partial charge on any atom is 0.494 e. The fourth-order valence-electron chi connectivity index (χ4n) is 32.9. The topological polar surface area (TPSA) is 390 Å². The van der Waals surface area contributed by atoms with Gasteiger partial charge in [0.15, 0.2) is 46.0 Å². The Kier molecular flexibility index (Phi) is 26.9. The molecule has 5 saturated carbocycles. The fraction of sp³-hybridized carbons (Fsp3) is 0.636. The van der Waals surface area contributed by atoms with Gasteiger partial charge in [-0.2, -0.15) is 0 Å². The highest BCUT2D eigenvalue weighted by Crippen LogP contribution is 2.68. The summed E-state index contributed by atoms with van der Waals surface area (Å²) in [6.45, 7) is 51.3. The lowest BCUT2D eigenvalue weighted by molar-refractivity contribution is 0.0349. The second-order valence-electron chi connectivity index (χ2n) is 49.8. The molecular formula is C110H158B5N3O18S. The van der Waals surface area contributed by atoms with E-state index in [2.05, 4.69) is 168 Å². The SMILES string of the molecule is CC1CC[C@@H]2C(C)(C)CCC[C@@]2(C)C2=C1Cc1c2cc(O)c(O)c1B(O)O.CC1CC[C@@H]2C(C)(C)CCC[C@@]2(C)c2c1[nH]c1c(B(O)O)c(O)c(O)cc21.CC1CC[C@@H]2C(C)(C)CCC[C@@]2(C)c2c1n(C)c1c(B(O)O)c(O)c(O)cc21.CC1CC[C@@H]2C(C)(C)CCC[C@@]2(C)c2c1sc1c(B(O)O)c(O)c(O)cc21.Cc1cc2c3c(n(C)c2c(B(O)O)c1C)C(C)CC[C@@H]1C(C)(C)CCC[C@@]31C. The van der Waals surface area contributed by atoms with Gasteiger partial charge in [0.25, 0.3) is 0 Å². The van der Waals surface area contributed by atoms with Crippen molar-refractivity contribution in [2.45, 2.75) is 365 Å². The molecule has 15 atom stereocenters. The van der Waals surface area contributed by atoms with Crippen molar-refractivity contribution in [1.82, 2.24) is 14.1 Å². The summed E-state index contributed by atoms with van der Waals surface area (Å²) in [5, 5.41) is 186. The van der Waals surface area contributed by atoms with Crippen LogP contribution < -0.4 is 27.3 Å². The van der Waals surface area contributed by atoms with E-state index in [1.54, 1.807) is 35.6 Å². The lowest BCUT2D eigenvalue weighted by Crippen LogP contribution is -2.44. The van der Waals surface area contributed by atoms with Crippen molar-refractivity contribution >= 4 is 123 Å². The van der Waals surface area contributed by atoms with Gasteiger partial charge in [0.05, 0.1) is 16.4 Å². The first-order valence-corrected chi connectivity index (χ1v) is 52.5. The van der Waals surface area contributed by atoms with Gasteiger partial charge < -0.3 is 105 Å². The average Bonchev–Trinajstić information content (AvgIpc) is 1.57. The summed E-state index contributed by atoms with van der Waals surface area (Å²) in [7, 11) is -4.69. The number of hydrogen-bond donors (Lipinski definition) is 19. The van der Waals surface area contributed by atoms with Crippen LogP contribution in [0.5, 0.6) is 46.0 Å². The molecule has 20 rings (SSSR count). The molecule has 0 amide bonds. The van der Waals surface area contributed by atoms with Gasteiger partial charge >= 0.3 is 35.6 Å². The Balaban J connectivity index is 0.000000124. The number of thiophene rings is 1. The first-order chi connectivity index (χ1) is 63.7. The molecule has 19 N–H and O–H groups in total. The first kappa shape index (κ1) is 103. The summed E-state index contributed by atoms with van der Waals surface area (Å²) < 4.78 is 5.02. The summed E-state index contributed by atoms with van der Waals surface area (Å²) in [6, 6.07) is 8.82. The minimum absolute atomic E-state index is 0.00649. The second-order valence-corrected chi connectivity index (χ2v) is 50.8. The maximum atomic E-state index is 10.4. The van der Waals surface area contributed by atoms with E-state index in [4.69, 9.17) is 0 Å².